The quantitative estimate of drug-likeness (QED) is 0.0367. The van der Waals surface area contributed by atoms with Gasteiger partial charge in [0.2, 0.25) is 5.91 Å². The first-order chi connectivity index (χ1) is 24.4. The van der Waals surface area contributed by atoms with Gasteiger partial charge >= 0.3 is 11.9 Å². The topological polar surface area (TPSA) is 119 Å². The minimum atomic E-state index is -1.05. The van der Waals surface area contributed by atoms with Crippen molar-refractivity contribution < 1.29 is 24.2 Å². The van der Waals surface area contributed by atoms with Crippen molar-refractivity contribution in [1.29, 1.82) is 0 Å². The Morgan fingerprint density at radius 3 is 1.62 bits per heavy atom. The molecule has 0 aliphatic rings. The first-order valence-electron chi connectivity index (χ1n) is 19.1. The highest BCUT2D eigenvalue weighted by molar-refractivity contribution is 5.83. The first kappa shape index (κ1) is 46.3. The third kappa shape index (κ3) is 32.8. The Bertz CT molecular complexity index is 1100. The second-order valence-electron chi connectivity index (χ2n) is 12.2. The molecule has 280 valence electrons. The van der Waals surface area contributed by atoms with Crippen LogP contribution in [0.2, 0.25) is 0 Å². The molecule has 50 heavy (non-hydrogen) atoms. The highest BCUT2D eigenvalue weighted by atomic mass is 16.5. The molecule has 0 saturated heterocycles. The molecule has 7 heteroatoms. The standard InChI is InChI=1S/C43H68N2O5/c1-3-5-7-9-11-13-15-17-19-20-22-24-26-28-33-39(34-30-31-36-41(46)45-40(43(48)49)35-32-38-44)50-42(47)37-29-27-25-23-21-18-16-14-12-10-8-6-4-2/h5-8,11-14,17-19,21-22,24,28,33,39-40H,3-4,9-10,15-16,20,23,25-27,29-32,34-38,44H2,1-2H3,(H,45,46)(H,48,49)/b7-5-,8-6-,13-11-,14-12-,19-17-,21-18-,24-22-,33-28-. The first-order valence-corrected chi connectivity index (χ1v) is 19.1. The monoisotopic (exact) mass is 693 g/mol. The van der Waals surface area contributed by atoms with Crippen molar-refractivity contribution in [3.05, 3.63) is 97.2 Å². The van der Waals surface area contributed by atoms with Crippen molar-refractivity contribution in [3.8, 4) is 0 Å². The number of carboxylic acids is 1. The summed E-state index contributed by atoms with van der Waals surface area (Å²) in [4.78, 5) is 36.4. The van der Waals surface area contributed by atoms with E-state index in [9.17, 15) is 19.5 Å². The van der Waals surface area contributed by atoms with Crippen LogP contribution in [0.1, 0.15) is 136 Å². The zero-order valence-electron chi connectivity index (χ0n) is 31.2. The van der Waals surface area contributed by atoms with Crippen molar-refractivity contribution in [2.75, 3.05) is 6.54 Å². The lowest BCUT2D eigenvalue weighted by Gasteiger charge is -2.16. The van der Waals surface area contributed by atoms with E-state index < -0.39 is 12.0 Å². The number of rotatable bonds is 32. The van der Waals surface area contributed by atoms with Gasteiger partial charge < -0.3 is 20.9 Å². The molecule has 2 unspecified atom stereocenters. The van der Waals surface area contributed by atoms with Crippen LogP contribution in [-0.2, 0) is 19.1 Å². The smallest absolute Gasteiger partial charge is 0.326 e. The summed E-state index contributed by atoms with van der Waals surface area (Å²) < 4.78 is 5.83. The van der Waals surface area contributed by atoms with Crippen LogP contribution >= 0.6 is 0 Å². The molecule has 1 amide bonds. The average molecular weight is 693 g/mol. The van der Waals surface area contributed by atoms with Gasteiger partial charge in [-0.1, -0.05) is 111 Å². The second kappa shape index (κ2) is 36.6. The number of unbranched alkanes of at least 4 members (excludes halogenated alkanes) is 4. The van der Waals surface area contributed by atoms with E-state index in [1.54, 1.807) is 0 Å². The lowest BCUT2D eigenvalue weighted by Crippen LogP contribution is -2.40. The summed E-state index contributed by atoms with van der Waals surface area (Å²) in [5, 5.41) is 11.9. The van der Waals surface area contributed by atoms with Crippen LogP contribution < -0.4 is 11.1 Å². The average Bonchev–Trinajstić information content (AvgIpc) is 3.10. The van der Waals surface area contributed by atoms with Crippen LogP contribution in [0, 0.1) is 0 Å². The van der Waals surface area contributed by atoms with Crippen LogP contribution in [0.4, 0.5) is 0 Å². The van der Waals surface area contributed by atoms with E-state index in [0.29, 0.717) is 45.1 Å². The SMILES string of the molecule is CC/C=C\C/C=C\C/C=C\C/C=C\C/C=C\C(CCCCC(=O)NC(CCCN)C(=O)O)OC(=O)CCCCC/C=C\C/C=C\C/C=C\CC. The van der Waals surface area contributed by atoms with Gasteiger partial charge in [-0.25, -0.2) is 4.79 Å². The molecule has 0 heterocycles. The molecular formula is C43H68N2O5. The number of carboxylic acid groups (broad SMARTS) is 1. The summed E-state index contributed by atoms with van der Waals surface area (Å²) in [6.45, 7) is 4.65. The van der Waals surface area contributed by atoms with Gasteiger partial charge in [0.15, 0.2) is 0 Å². The number of hydrogen-bond acceptors (Lipinski definition) is 5. The maximum absolute atomic E-state index is 12.7. The minimum absolute atomic E-state index is 0.199. The number of nitrogens with one attached hydrogen (secondary N) is 1. The van der Waals surface area contributed by atoms with E-state index in [0.717, 1.165) is 77.0 Å². The zero-order chi connectivity index (χ0) is 36.8. The number of aliphatic carboxylic acids is 1. The molecule has 0 spiro atoms. The van der Waals surface area contributed by atoms with E-state index >= 15 is 0 Å². The molecule has 0 radical (unpaired) electrons. The fraction of sp³-hybridized carbons (Fsp3) is 0.558. The summed E-state index contributed by atoms with van der Waals surface area (Å²) in [5.74, 6) is -1.54. The fourth-order valence-corrected chi connectivity index (χ4v) is 4.82. The van der Waals surface area contributed by atoms with E-state index in [-0.39, 0.29) is 24.4 Å². The van der Waals surface area contributed by atoms with Crippen LogP contribution in [0.3, 0.4) is 0 Å². The molecule has 0 rings (SSSR count). The molecular weight excluding hydrogens is 624 g/mol. The van der Waals surface area contributed by atoms with Gasteiger partial charge in [-0.2, -0.15) is 0 Å². The largest absolute Gasteiger partial charge is 0.480 e. The molecule has 0 aliphatic heterocycles. The summed E-state index contributed by atoms with van der Waals surface area (Å²) in [7, 11) is 0. The van der Waals surface area contributed by atoms with Crippen molar-refractivity contribution in [3.63, 3.8) is 0 Å². The summed E-state index contributed by atoms with van der Waals surface area (Å²) in [5.41, 5.74) is 5.48. The normalized spacial score (nSPS) is 13.8. The number of ether oxygens (including phenoxy) is 1. The van der Waals surface area contributed by atoms with Crippen LogP contribution in [-0.4, -0.2) is 41.6 Å². The van der Waals surface area contributed by atoms with Gasteiger partial charge in [-0.15, -0.1) is 0 Å². The Hall–Kier alpha value is -3.71. The number of nitrogens with two attached hydrogens (primary N) is 1. The Morgan fingerprint density at radius 1 is 0.600 bits per heavy atom. The predicted molar refractivity (Wildman–Crippen MR) is 211 cm³/mol. The molecule has 0 aliphatic carbocycles. The van der Waals surface area contributed by atoms with Gasteiger partial charge in [-0.3, -0.25) is 9.59 Å². The van der Waals surface area contributed by atoms with E-state index in [1.165, 1.54) is 0 Å². The molecule has 2 atom stereocenters. The molecule has 7 nitrogen and oxygen atoms in total. The van der Waals surface area contributed by atoms with Crippen molar-refractivity contribution in [1.82, 2.24) is 5.32 Å². The van der Waals surface area contributed by atoms with E-state index in [4.69, 9.17) is 10.5 Å². The van der Waals surface area contributed by atoms with Crippen LogP contribution in [0.5, 0.6) is 0 Å². The van der Waals surface area contributed by atoms with Gasteiger partial charge in [0.05, 0.1) is 0 Å². The van der Waals surface area contributed by atoms with Gasteiger partial charge in [0, 0.05) is 12.8 Å². The maximum atomic E-state index is 12.7. The van der Waals surface area contributed by atoms with Crippen molar-refractivity contribution in [2.24, 2.45) is 5.73 Å². The second-order valence-corrected chi connectivity index (χ2v) is 12.2. The van der Waals surface area contributed by atoms with E-state index in [2.05, 4.69) is 104 Å². The fourth-order valence-electron chi connectivity index (χ4n) is 4.82. The highest BCUT2D eigenvalue weighted by Gasteiger charge is 2.19. The van der Waals surface area contributed by atoms with Crippen molar-refractivity contribution >= 4 is 17.8 Å². The van der Waals surface area contributed by atoms with Gasteiger partial charge in [0.25, 0.3) is 0 Å². The number of carbonyl (C=O) groups is 3. The highest BCUT2D eigenvalue weighted by Crippen LogP contribution is 2.13. The minimum Gasteiger partial charge on any atom is -0.480 e. The van der Waals surface area contributed by atoms with Gasteiger partial charge in [-0.05, 0) is 115 Å². The predicted octanol–water partition coefficient (Wildman–Crippen LogP) is 10.3. The van der Waals surface area contributed by atoms with E-state index in [1.807, 2.05) is 12.2 Å². The lowest BCUT2D eigenvalue weighted by molar-refractivity contribution is -0.147. The van der Waals surface area contributed by atoms with Gasteiger partial charge in [0.1, 0.15) is 12.1 Å². The number of amides is 1. The summed E-state index contributed by atoms with van der Waals surface area (Å²) >= 11 is 0. The molecule has 0 saturated carbocycles. The lowest BCUT2D eigenvalue weighted by atomic mass is 10.1. The molecule has 0 bridgehead atoms. The molecule has 0 aromatic rings. The Kier molecular flexibility index (Phi) is 33.9. The zero-order valence-corrected chi connectivity index (χ0v) is 31.2. The third-order valence-electron chi connectivity index (χ3n) is 7.63. The van der Waals surface area contributed by atoms with Crippen LogP contribution in [0.25, 0.3) is 0 Å². The number of allylic oxidation sites excluding steroid dienone is 15. The van der Waals surface area contributed by atoms with Crippen LogP contribution in [0.15, 0.2) is 97.2 Å². The Labute approximate surface area is 304 Å². The third-order valence-corrected chi connectivity index (χ3v) is 7.63. The molecule has 4 N–H and O–H groups in total. The number of esters is 1. The molecule has 0 aromatic heterocycles. The Morgan fingerprint density at radius 2 is 1.10 bits per heavy atom. The van der Waals surface area contributed by atoms with Crippen molar-refractivity contribution in [2.45, 2.75) is 148 Å². The summed E-state index contributed by atoms with van der Waals surface area (Å²) in [6, 6.07) is -0.919. The number of hydrogen-bond donors (Lipinski definition) is 3. The maximum Gasteiger partial charge on any atom is 0.326 e. The number of carbonyl (C=O) groups excluding carboxylic acids is 2. The molecule has 0 fully saturated rings. The summed E-state index contributed by atoms with van der Waals surface area (Å²) in [6.07, 6.45) is 48.8. The molecule has 0 aromatic carbocycles. The Balaban J connectivity index is 4.69.